The summed E-state index contributed by atoms with van der Waals surface area (Å²) in [7, 11) is -3.56. The highest BCUT2D eigenvalue weighted by molar-refractivity contribution is 7.89. The van der Waals surface area contributed by atoms with E-state index < -0.39 is 15.8 Å². The Kier molecular flexibility index (Phi) is 4.46. The minimum Gasteiger partial charge on any atom is -0.326 e. The summed E-state index contributed by atoms with van der Waals surface area (Å²) in [4.78, 5) is 0.126. The molecule has 112 valence electrons. The molecule has 1 saturated heterocycles. The number of piperidine rings is 1. The van der Waals surface area contributed by atoms with Crippen LogP contribution in [-0.2, 0) is 16.6 Å². The van der Waals surface area contributed by atoms with Gasteiger partial charge in [-0.2, -0.15) is 4.31 Å². The fourth-order valence-electron chi connectivity index (χ4n) is 2.46. The standard InChI is InChI=1S/C14H21FN2O2S/c1-10-5-6-17(9-11(10)2)20(18,19)13-3-4-14(15)12(7-13)8-16/h3-4,7,10-11H,5-6,8-9,16H2,1-2H3. The van der Waals surface area contributed by atoms with Crippen LogP contribution in [0, 0.1) is 17.7 Å². The van der Waals surface area contributed by atoms with E-state index in [0.29, 0.717) is 24.9 Å². The Morgan fingerprint density at radius 3 is 2.65 bits per heavy atom. The van der Waals surface area contributed by atoms with E-state index in [9.17, 15) is 12.8 Å². The van der Waals surface area contributed by atoms with Crippen LogP contribution in [0.15, 0.2) is 23.1 Å². The molecule has 0 saturated carbocycles. The highest BCUT2D eigenvalue weighted by atomic mass is 32.2. The van der Waals surface area contributed by atoms with Crippen LogP contribution in [0.4, 0.5) is 4.39 Å². The van der Waals surface area contributed by atoms with E-state index in [4.69, 9.17) is 5.73 Å². The summed E-state index contributed by atoms with van der Waals surface area (Å²) in [5.41, 5.74) is 5.66. The monoisotopic (exact) mass is 300 g/mol. The summed E-state index contributed by atoms with van der Waals surface area (Å²) in [6.07, 6.45) is 0.853. The number of hydrogen-bond acceptors (Lipinski definition) is 3. The molecule has 0 aliphatic carbocycles. The molecule has 0 amide bonds. The summed E-state index contributed by atoms with van der Waals surface area (Å²) < 4.78 is 40.1. The van der Waals surface area contributed by atoms with Crippen LogP contribution in [-0.4, -0.2) is 25.8 Å². The van der Waals surface area contributed by atoms with E-state index >= 15 is 0 Å². The fourth-order valence-corrected chi connectivity index (χ4v) is 4.07. The van der Waals surface area contributed by atoms with Gasteiger partial charge in [-0.05, 0) is 36.5 Å². The van der Waals surface area contributed by atoms with Crippen molar-refractivity contribution in [1.82, 2.24) is 4.31 Å². The number of hydrogen-bond donors (Lipinski definition) is 1. The van der Waals surface area contributed by atoms with E-state index in [1.165, 1.54) is 22.5 Å². The minimum atomic E-state index is -3.56. The predicted molar refractivity (Wildman–Crippen MR) is 76.0 cm³/mol. The maximum atomic E-state index is 13.4. The third-order valence-corrected chi connectivity index (χ3v) is 6.03. The average molecular weight is 300 g/mol. The number of nitrogens with two attached hydrogens (primary N) is 1. The van der Waals surface area contributed by atoms with Crippen molar-refractivity contribution in [2.75, 3.05) is 13.1 Å². The van der Waals surface area contributed by atoms with E-state index in [0.717, 1.165) is 6.42 Å². The van der Waals surface area contributed by atoms with Crippen molar-refractivity contribution in [3.8, 4) is 0 Å². The van der Waals surface area contributed by atoms with Crippen molar-refractivity contribution < 1.29 is 12.8 Å². The molecular formula is C14H21FN2O2S. The maximum Gasteiger partial charge on any atom is 0.243 e. The number of halogens is 1. The number of sulfonamides is 1. The SMILES string of the molecule is CC1CCN(S(=O)(=O)c2ccc(F)c(CN)c2)CC1C. The quantitative estimate of drug-likeness (QED) is 0.928. The molecule has 1 aromatic carbocycles. The van der Waals surface area contributed by atoms with Crippen molar-refractivity contribution in [3.63, 3.8) is 0 Å². The Labute approximate surface area is 119 Å². The van der Waals surface area contributed by atoms with Crippen molar-refractivity contribution in [2.24, 2.45) is 17.6 Å². The van der Waals surface area contributed by atoms with Gasteiger partial charge in [-0.25, -0.2) is 12.8 Å². The largest absolute Gasteiger partial charge is 0.326 e. The van der Waals surface area contributed by atoms with E-state index in [1.54, 1.807) is 0 Å². The Hall–Kier alpha value is -0.980. The van der Waals surface area contributed by atoms with Crippen LogP contribution in [0.5, 0.6) is 0 Å². The van der Waals surface area contributed by atoms with Gasteiger partial charge in [-0.15, -0.1) is 0 Å². The first-order valence-corrected chi connectivity index (χ1v) is 8.29. The molecular weight excluding hydrogens is 279 g/mol. The molecule has 1 heterocycles. The number of rotatable bonds is 3. The second kappa shape index (κ2) is 5.79. The summed E-state index contributed by atoms with van der Waals surface area (Å²) in [5, 5.41) is 0. The molecule has 1 aliphatic rings. The number of benzene rings is 1. The number of nitrogens with zero attached hydrogens (tertiary/aromatic N) is 1. The van der Waals surface area contributed by atoms with Crippen LogP contribution in [0.3, 0.4) is 0 Å². The lowest BCUT2D eigenvalue weighted by atomic mass is 9.90. The van der Waals surface area contributed by atoms with Gasteiger partial charge in [0.05, 0.1) is 4.90 Å². The molecule has 0 aromatic heterocycles. The van der Waals surface area contributed by atoms with Gasteiger partial charge < -0.3 is 5.73 Å². The fraction of sp³-hybridized carbons (Fsp3) is 0.571. The molecule has 0 spiro atoms. The molecule has 1 aliphatic heterocycles. The zero-order chi connectivity index (χ0) is 14.9. The molecule has 0 bridgehead atoms. The summed E-state index contributed by atoms with van der Waals surface area (Å²) in [6.45, 7) is 5.21. The highest BCUT2D eigenvalue weighted by Crippen LogP contribution is 2.27. The van der Waals surface area contributed by atoms with E-state index in [-0.39, 0.29) is 17.0 Å². The third kappa shape index (κ3) is 2.87. The van der Waals surface area contributed by atoms with Gasteiger partial charge in [0.25, 0.3) is 0 Å². The van der Waals surface area contributed by atoms with Crippen LogP contribution in [0.25, 0.3) is 0 Å². The van der Waals surface area contributed by atoms with Gasteiger partial charge >= 0.3 is 0 Å². The molecule has 2 unspecified atom stereocenters. The van der Waals surface area contributed by atoms with Crippen molar-refractivity contribution >= 4 is 10.0 Å². The van der Waals surface area contributed by atoms with Crippen molar-refractivity contribution in [3.05, 3.63) is 29.6 Å². The lowest BCUT2D eigenvalue weighted by Gasteiger charge is -2.34. The van der Waals surface area contributed by atoms with Crippen LogP contribution < -0.4 is 5.73 Å². The molecule has 6 heteroatoms. The Morgan fingerprint density at radius 2 is 2.05 bits per heavy atom. The molecule has 0 radical (unpaired) electrons. The first-order valence-electron chi connectivity index (χ1n) is 6.85. The lowest BCUT2D eigenvalue weighted by Crippen LogP contribution is -2.42. The second-order valence-electron chi connectivity index (χ2n) is 5.56. The molecule has 2 atom stereocenters. The zero-order valence-electron chi connectivity index (χ0n) is 11.8. The van der Waals surface area contributed by atoms with Gasteiger partial charge in [-0.3, -0.25) is 0 Å². The van der Waals surface area contributed by atoms with Crippen LogP contribution >= 0.6 is 0 Å². The third-order valence-electron chi connectivity index (χ3n) is 4.17. The first kappa shape index (κ1) is 15.4. The van der Waals surface area contributed by atoms with Crippen LogP contribution in [0.2, 0.25) is 0 Å². The Morgan fingerprint density at radius 1 is 1.35 bits per heavy atom. The van der Waals surface area contributed by atoms with E-state index in [1.807, 2.05) is 0 Å². The molecule has 2 rings (SSSR count). The molecule has 4 nitrogen and oxygen atoms in total. The lowest BCUT2D eigenvalue weighted by molar-refractivity contribution is 0.212. The molecule has 1 fully saturated rings. The molecule has 20 heavy (non-hydrogen) atoms. The minimum absolute atomic E-state index is 0.0113. The van der Waals surface area contributed by atoms with Crippen molar-refractivity contribution in [2.45, 2.75) is 31.7 Å². The zero-order valence-corrected chi connectivity index (χ0v) is 12.7. The Balaban J connectivity index is 2.31. The second-order valence-corrected chi connectivity index (χ2v) is 7.50. The Bertz CT molecular complexity index is 589. The van der Waals surface area contributed by atoms with Crippen molar-refractivity contribution in [1.29, 1.82) is 0 Å². The van der Waals surface area contributed by atoms with Crippen LogP contribution in [0.1, 0.15) is 25.8 Å². The summed E-state index contributed by atoms with van der Waals surface area (Å²) >= 11 is 0. The smallest absolute Gasteiger partial charge is 0.243 e. The highest BCUT2D eigenvalue weighted by Gasteiger charge is 2.31. The van der Waals surface area contributed by atoms with Gasteiger partial charge in [0.1, 0.15) is 5.82 Å². The maximum absolute atomic E-state index is 13.4. The van der Waals surface area contributed by atoms with E-state index in [2.05, 4.69) is 13.8 Å². The average Bonchev–Trinajstić information content (AvgIpc) is 2.42. The van der Waals surface area contributed by atoms with Gasteiger partial charge in [0.2, 0.25) is 10.0 Å². The van der Waals surface area contributed by atoms with Gasteiger partial charge in [0.15, 0.2) is 0 Å². The summed E-state index contributed by atoms with van der Waals surface area (Å²) in [5.74, 6) is 0.384. The summed E-state index contributed by atoms with van der Waals surface area (Å²) in [6, 6.07) is 3.82. The molecule has 2 N–H and O–H groups in total. The molecule has 1 aromatic rings. The topological polar surface area (TPSA) is 63.4 Å². The van der Waals surface area contributed by atoms with Gasteiger partial charge in [0, 0.05) is 25.2 Å². The first-order chi connectivity index (χ1) is 9.36. The van der Waals surface area contributed by atoms with Gasteiger partial charge in [-0.1, -0.05) is 13.8 Å². The predicted octanol–water partition coefficient (Wildman–Crippen LogP) is 1.95. The normalized spacial score (nSPS) is 24.8.